The first-order valence-corrected chi connectivity index (χ1v) is 4.70. The molecule has 0 fully saturated rings. The van der Waals surface area contributed by atoms with Crippen LogP contribution in [0.15, 0.2) is 40.6 Å². The molecule has 0 aliphatic heterocycles. The van der Waals surface area contributed by atoms with Crippen LogP contribution in [-0.4, -0.2) is 11.7 Å². The SMILES string of the molecule is Cc1ccc(S/C=C/CO)cc1. The summed E-state index contributed by atoms with van der Waals surface area (Å²) in [6, 6.07) is 8.30. The van der Waals surface area contributed by atoms with Gasteiger partial charge in [0.1, 0.15) is 0 Å². The van der Waals surface area contributed by atoms with E-state index in [2.05, 4.69) is 31.2 Å². The first-order valence-electron chi connectivity index (χ1n) is 3.82. The van der Waals surface area contributed by atoms with E-state index in [9.17, 15) is 0 Å². The zero-order valence-electron chi connectivity index (χ0n) is 7.03. The summed E-state index contributed by atoms with van der Waals surface area (Å²) >= 11 is 1.61. The molecule has 0 aromatic heterocycles. The Morgan fingerprint density at radius 3 is 2.58 bits per heavy atom. The van der Waals surface area contributed by atoms with Crippen molar-refractivity contribution >= 4 is 11.8 Å². The summed E-state index contributed by atoms with van der Waals surface area (Å²) in [6.45, 7) is 2.18. The Bertz CT molecular complexity index is 251. The Hall–Kier alpha value is -0.730. The highest BCUT2D eigenvalue weighted by atomic mass is 32.2. The summed E-state index contributed by atoms with van der Waals surface area (Å²) in [5, 5.41) is 10.4. The quantitative estimate of drug-likeness (QED) is 0.721. The second kappa shape index (κ2) is 5.01. The van der Waals surface area contributed by atoms with Gasteiger partial charge in [0.15, 0.2) is 0 Å². The first-order chi connectivity index (χ1) is 5.83. The average molecular weight is 180 g/mol. The molecule has 2 heteroatoms. The molecule has 12 heavy (non-hydrogen) atoms. The maximum Gasteiger partial charge on any atom is 0.0620 e. The highest BCUT2D eigenvalue weighted by Crippen LogP contribution is 2.18. The van der Waals surface area contributed by atoms with Gasteiger partial charge in [-0.3, -0.25) is 0 Å². The van der Waals surface area contributed by atoms with Gasteiger partial charge in [0.25, 0.3) is 0 Å². The summed E-state index contributed by atoms with van der Waals surface area (Å²) in [5.74, 6) is 0. The van der Waals surface area contributed by atoms with E-state index >= 15 is 0 Å². The van der Waals surface area contributed by atoms with Gasteiger partial charge >= 0.3 is 0 Å². The third-order valence-electron chi connectivity index (χ3n) is 1.43. The minimum absolute atomic E-state index is 0.110. The van der Waals surface area contributed by atoms with E-state index in [1.807, 2.05) is 5.41 Å². The number of thioether (sulfide) groups is 1. The van der Waals surface area contributed by atoms with Crippen molar-refractivity contribution in [3.63, 3.8) is 0 Å². The second-order valence-electron chi connectivity index (χ2n) is 2.49. The van der Waals surface area contributed by atoms with E-state index in [1.54, 1.807) is 17.8 Å². The van der Waals surface area contributed by atoms with Gasteiger partial charge in [-0.15, -0.1) is 0 Å². The van der Waals surface area contributed by atoms with Crippen molar-refractivity contribution in [3.05, 3.63) is 41.3 Å². The third-order valence-corrected chi connectivity index (χ3v) is 2.30. The molecular weight excluding hydrogens is 168 g/mol. The number of hydrogen-bond donors (Lipinski definition) is 1. The van der Waals surface area contributed by atoms with Crippen LogP contribution in [0.1, 0.15) is 5.56 Å². The Labute approximate surface area is 77.1 Å². The zero-order chi connectivity index (χ0) is 8.81. The van der Waals surface area contributed by atoms with Crippen molar-refractivity contribution in [1.29, 1.82) is 0 Å². The van der Waals surface area contributed by atoms with Crippen molar-refractivity contribution in [1.82, 2.24) is 0 Å². The van der Waals surface area contributed by atoms with E-state index in [4.69, 9.17) is 5.11 Å². The number of aryl methyl sites for hydroxylation is 1. The molecule has 0 amide bonds. The molecule has 1 aromatic carbocycles. The lowest BCUT2D eigenvalue weighted by Gasteiger charge is -1.95. The monoisotopic (exact) mass is 180 g/mol. The molecule has 1 aromatic rings. The van der Waals surface area contributed by atoms with Crippen LogP contribution in [0.3, 0.4) is 0 Å². The van der Waals surface area contributed by atoms with Crippen molar-refractivity contribution in [2.24, 2.45) is 0 Å². The number of aliphatic hydroxyl groups excluding tert-OH is 1. The molecule has 0 saturated heterocycles. The Morgan fingerprint density at radius 1 is 1.33 bits per heavy atom. The smallest absolute Gasteiger partial charge is 0.0620 e. The van der Waals surface area contributed by atoms with Crippen molar-refractivity contribution in [3.8, 4) is 0 Å². The van der Waals surface area contributed by atoms with E-state index in [1.165, 1.54) is 10.5 Å². The summed E-state index contributed by atoms with van der Waals surface area (Å²) in [7, 11) is 0. The molecule has 1 rings (SSSR count). The summed E-state index contributed by atoms with van der Waals surface area (Å²) < 4.78 is 0. The summed E-state index contributed by atoms with van der Waals surface area (Å²) in [4.78, 5) is 1.20. The largest absolute Gasteiger partial charge is 0.392 e. The molecule has 0 bridgehead atoms. The number of benzene rings is 1. The topological polar surface area (TPSA) is 20.2 Å². The van der Waals surface area contributed by atoms with Crippen molar-refractivity contribution in [2.45, 2.75) is 11.8 Å². The third kappa shape index (κ3) is 3.11. The lowest BCUT2D eigenvalue weighted by molar-refractivity contribution is 0.343. The maximum absolute atomic E-state index is 8.49. The molecule has 64 valence electrons. The van der Waals surface area contributed by atoms with Crippen LogP contribution < -0.4 is 0 Å². The zero-order valence-corrected chi connectivity index (χ0v) is 7.84. The van der Waals surface area contributed by atoms with Gasteiger partial charge < -0.3 is 5.11 Å². The second-order valence-corrected chi connectivity index (χ2v) is 3.46. The Morgan fingerprint density at radius 2 is 2.00 bits per heavy atom. The van der Waals surface area contributed by atoms with Crippen molar-refractivity contribution < 1.29 is 5.11 Å². The van der Waals surface area contributed by atoms with Crippen LogP contribution in [0.2, 0.25) is 0 Å². The molecular formula is C10H12OS. The fourth-order valence-corrected chi connectivity index (χ4v) is 1.42. The van der Waals surface area contributed by atoms with Crippen LogP contribution in [0.25, 0.3) is 0 Å². The van der Waals surface area contributed by atoms with Gasteiger partial charge in [0.2, 0.25) is 0 Å². The van der Waals surface area contributed by atoms with Crippen LogP contribution in [0.4, 0.5) is 0 Å². The van der Waals surface area contributed by atoms with Gasteiger partial charge in [-0.05, 0) is 24.5 Å². The van der Waals surface area contributed by atoms with E-state index in [0.29, 0.717) is 0 Å². The molecule has 0 spiro atoms. The van der Waals surface area contributed by atoms with Gasteiger partial charge in [-0.1, -0.05) is 35.5 Å². The molecule has 1 nitrogen and oxygen atoms in total. The van der Waals surface area contributed by atoms with E-state index in [-0.39, 0.29) is 6.61 Å². The fourth-order valence-electron chi connectivity index (χ4n) is 0.787. The minimum atomic E-state index is 0.110. The van der Waals surface area contributed by atoms with Gasteiger partial charge in [-0.2, -0.15) is 0 Å². The number of aliphatic hydroxyl groups is 1. The Balaban J connectivity index is 2.53. The molecule has 0 aliphatic rings. The van der Waals surface area contributed by atoms with E-state index < -0.39 is 0 Å². The van der Waals surface area contributed by atoms with Crippen LogP contribution in [0.5, 0.6) is 0 Å². The lowest BCUT2D eigenvalue weighted by Crippen LogP contribution is -1.72. The summed E-state index contributed by atoms with van der Waals surface area (Å²) in [5.41, 5.74) is 1.27. The fraction of sp³-hybridized carbons (Fsp3) is 0.200. The lowest BCUT2D eigenvalue weighted by atomic mass is 10.2. The molecule has 0 saturated carbocycles. The van der Waals surface area contributed by atoms with Crippen LogP contribution in [0, 0.1) is 6.92 Å². The Kier molecular flexibility index (Phi) is 3.91. The standard InChI is InChI=1S/C10H12OS/c1-9-3-5-10(6-4-9)12-8-2-7-11/h2-6,8,11H,7H2,1H3/b8-2+. The molecule has 0 radical (unpaired) electrons. The molecule has 1 N–H and O–H groups in total. The molecule has 0 atom stereocenters. The highest BCUT2D eigenvalue weighted by Gasteiger charge is 1.88. The predicted octanol–water partition coefficient (Wildman–Crippen LogP) is 2.59. The molecule has 0 unspecified atom stereocenters. The minimum Gasteiger partial charge on any atom is -0.392 e. The van der Waals surface area contributed by atoms with Crippen molar-refractivity contribution in [2.75, 3.05) is 6.61 Å². The summed E-state index contributed by atoms with van der Waals surface area (Å²) in [6.07, 6.45) is 1.73. The van der Waals surface area contributed by atoms with Gasteiger partial charge in [0, 0.05) is 4.90 Å². The normalized spacial score (nSPS) is 10.8. The first kappa shape index (κ1) is 9.36. The molecule has 0 aliphatic carbocycles. The van der Waals surface area contributed by atoms with Crippen LogP contribution >= 0.6 is 11.8 Å². The van der Waals surface area contributed by atoms with Gasteiger partial charge in [-0.25, -0.2) is 0 Å². The number of hydrogen-bond acceptors (Lipinski definition) is 2. The van der Waals surface area contributed by atoms with Gasteiger partial charge in [0.05, 0.1) is 6.61 Å². The highest BCUT2D eigenvalue weighted by molar-refractivity contribution is 8.02. The number of rotatable bonds is 3. The molecule has 0 heterocycles. The maximum atomic E-state index is 8.49. The van der Waals surface area contributed by atoms with E-state index in [0.717, 1.165) is 0 Å². The van der Waals surface area contributed by atoms with Crippen LogP contribution in [-0.2, 0) is 0 Å². The average Bonchev–Trinajstić information content (AvgIpc) is 2.09. The predicted molar refractivity (Wildman–Crippen MR) is 53.3 cm³/mol.